The van der Waals surface area contributed by atoms with E-state index in [1.165, 1.54) is 5.56 Å². The predicted molar refractivity (Wildman–Crippen MR) is 112 cm³/mol. The van der Waals surface area contributed by atoms with Gasteiger partial charge >= 0.3 is 0 Å². The van der Waals surface area contributed by atoms with Crippen LogP contribution in [0.25, 0.3) is 22.4 Å². The molecule has 0 aliphatic carbocycles. The van der Waals surface area contributed by atoms with Gasteiger partial charge in [-0.05, 0) is 37.1 Å². The highest BCUT2D eigenvalue weighted by Crippen LogP contribution is 2.28. The van der Waals surface area contributed by atoms with Gasteiger partial charge in [-0.1, -0.05) is 17.3 Å². The zero-order valence-electron chi connectivity index (χ0n) is 17.4. The Morgan fingerprint density at radius 3 is 2.87 bits per heavy atom. The average Bonchev–Trinajstić information content (AvgIpc) is 3.45. The third kappa shape index (κ3) is 3.70. The molecule has 1 aliphatic heterocycles. The number of aryl methyl sites for hydroxylation is 2. The molecule has 1 aromatic carbocycles. The van der Waals surface area contributed by atoms with Gasteiger partial charge in [0, 0.05) is 35.5 Å². The summed E-state index contributed by atoms with van der Waals surface area (Å²) in [6.07, 6.45) is 4.85. The monoisotopic (exact) mass is 418 g/mol. The van der Waals surface area contributed by atoms with Gasteiger partial charge in [0.15, 0.2) is 6.10 Å². The number of amides is 1. The molecule has 1 fully saturated rings. The van der Waals surface area contributed by atoms with Gasteiger partial charge in [0.2, 0.25) is 11.7 Å². The van der Waals surface area contributed by atoms with Crippen molar-refractivity contribution in [1.29, 1.82) is 0 Å². The summed E-state index contributed by atoms with van der Waals surface area (Å²) in [4.78, 5) is 23.2. The van der Waals surface area contributed by atoms with Gasteiger partial charge < -0.3 is 18.6 Å². The van der Waals surface area contributed by atoms with Crippen LogP contribution < -0.4 is 0 Å². The van der Waals surface area contributed by atoms with Crippen molar-refractivity contribution >= 4 is 16.9 Å². The van der Waals surface area contributed by atoms with E-state index in [0.717, 1.165) is 27.7 Å². The Labute approximate surface area is 178 Å². The third-order valence-electron chi connectivity index (χ3n) is 5.76. The van der Waals surface area contributed by atoms with Crippen molar-refractivity contribution in [2.75, 3.05) is 19.7 Å². The Bertz CT molecular complexity index is 1230. The lowest BCUT2D eigenvalue weighted by Gasteiger charge is -2.31. The van der Waals surface area contributed by atoms with Crippen LogP contribution in [0.3, 0.4) is 0 Å². The largest absolute Gasteiger partial charge is 0.464 e. The minimum atomic E-state index is -0.452. The average molecular weight is 418 g/mol. The molecule has 0 saturated carbocycles. The lowest BCUT2D eigenvalue weighted by atomic mass is 10.0. The van der Waals surface area contributed by atoms with Crippen molar-refractivity contribution in [3.05, 3.63) is 65.5 Å². The molecule has 1 saturated heterocycles. The van der Waals surface area contributed by atoms with Crippen LogP contribution in [-0.2, 0) is 16.0 Å². The fraction of sp³-hybridized carbons (Fsp3) is 0.304. The van der Waals surface area contributed by atoms with Crippen LogP contribution in [0.15, 0.2) is 51.9 Å². The number of furan rings is 1. The lowest BCUT2D eigenvalue weighted by Crippen LogP contribution is -2.43. The third-order valence-corrected chi connectivity index (χ3v) is 5.76. The van der Waals surface area contributed by atoms with Crippen molar-refractivity contribution in [2.24, 2.45) is 0 Å². The summed E-state index contributed by atoms with van der Waals surface area (Å²) in [7, 11) is 0. The second-order valence-corrected chi connectivity index (χ2v) is 7.71. The maximum absolute atomic E-state index is 13.0. The van der Waals surface area contributed by atoms with Crippen LogP contribution in [0, 0.1) is 13.8 Å². The number of morpholine rings is 1. The number of carbonyl (C=O) groups excluding carboxylic acids is 1. The van der Waals surface area contributed by atoms with Crippen molar-refractivity contribution in [3.63, 3.8) is 0 Å². The van der Waals surface area contributed by atoms with E-state index in [0.29, 0.717) is 31.4 Å². The first kappa shape index (κ1) is 19.4. The van der Waals surface area contributed by atoms with Crippen molar-refractivity contribution in [3.8, 4) is 11.4 Å². The van der Waals surface area contributed by atoms with Crippen molar-refractivity contribution in [1.82, 2.24) is 20.0 Å². The molecule has 0 bridgehead atoms. The van der Waals surface area contributed by atoms with Gasteiger partial charge in [-0.3, -0.25) is 9.78 Å². The van der Waals surface area contributed by atoms with E-state index >= 15 is 0 Å². The molecule has 1 amide bonds. The van der Waals surface area contributed by atoms with Crippen molar-refractivity contribution in [2.45, 2.75) is 26.4 Å². The summed E-state index contributed by atoms with van der Waals surface area (Å²) >= 11 is 0. The van der Waals surface area contributed by atoms with E-state index in [2.05, 4.69) is 21.2 Å². The molecule has 158 valence electrons. The highest BCUT2D eigenvalue weighted by atomic mass is 16.5. The number of nitrogens with zero attached hydrogens (tertiary/aromatic N) is 4. The summed E-state index contributed by atoms with van der Waals surface area (Å²) in [6, 6.07) is 7.70. The second-order valence-electron chi connectivity index (χ2n) is 7.71. The zero-order chi connectivity index (χ0) is 21.4. The molecular formula is C23H22N4O4. The van der Waals surface area contributed by atoms with Gasteiger partial charge in [0.1, 0.15) is 5.58 Å². The Kier molecular flexibility index (Phi) is 4.99. The van der Waals surface area contributed by atoms with E-state index in [1.54, 1.807) is 23.6 Å². The summed E-state index contributed by atoms with van der Waals surface area (Å²) in [5, 5.41) is 5.02. The smallest absolute Gasteiger partial charge is 0.257 e. The van der Waals surface area contributed by atoms with Gasteiger partial charge in [-0.25, -0.2) is 0 Å². The fourth-order valence-corrected chi connectivity index (χ4v) is 3.81. The molecule has 4 aromatic rings. The van der Waals surface area contributed by atoms with Gasteiger partial charge in [0.25, 0.3) is 5.89 Å². The molecule has 0 spiro atoms. The number of hydrogen-bond acceptors (Lipinski definition) is 7. The number of pyridine rings is 1. The Morgan fingerprint density at radius 2 is 2.03 bits per heavy atom. The van der Waals surface area contributed by atoms with Crippen molar-refractivity contribution < 1.29 is 18.5 Å². The highest BCUT2D eigenvalue weighted by Gasteiger charge is 2.30. The van der Waals surface area contributed by atoms with E-state index < -0.39 is 6.10 Å². The lowest BCUT2D eigenvalue weighted by molar-refractivity contribution is -0.139. The molecule has 3 aromatic heterocycles. The van der Waals surface area contributed by atoms with Crippen LogP contribution in [0.2, 0.25) is 0 Å². The molecule has 0 N–H and O–H groups in total. The number of aromatic nitrogens is 3. The minimum absolute atomic E-state index is 0.0168. The van der Waals surface area contributed by atoms with Crippen LogP contribution in [0.5, 0.6) is 0 Å². The van der Waals surface area contributed by atoms with Gasteiger partial charge in [0.05, 0.1) is 25.8 Å². The number of carbonyl (C=O) groups is 1. The molecule has 4 heterocycles. The molecule has 0 unspecified atom stereocenters. The molecule has 0 radical (unpaired) electrons. The van der Waals surface area contributed by atoms with Crippen LogP contribution >= 0.6 is 0 Å². The van der Waals surface area contributed by atoms with E-state index in [9.17, 15) is 4.79 Å². The summed E-state index contributed by atoms with van der Waals surface area (Å²) in [5.41, 5.74) is 4.82. The standard InChI is InChI=1S/C23H22N4O4/c1-14-3-4-18-17(13-30-21(18)15(14)2)11-20(28)27-9-10-29-19(12-27)23-25-22(26-31-23)16-5-7-24-8-6-16/h3-8,13,19H,9-12H2,1-2H3/t19-/m1/s1. The number of ether oxygens (including phenoxy) is 1. The summed E-state index contributed by atoms with van der Waals surface area (Å²) in [5.74, 6) is 0.854. The normalized spacial score (nSPS) is 16.7. The van der Waals surface area contributed by atoms with Gasteiger partial charge in [-0.2, -0.15) is 4.98 Å². The first-order valence-corrected chi connectivity index (χ1v) is 10.2. The zero-order valence-corrected chi connectivity index (χ0v) is 17.4. The summed E-state index contributed by atoms with van der Waals surface area (Å²) in [6.45, 7) is 5.38. The van der Waals surface area contributed by atoms with E-state index in [1.807, 2.05) is 32.0 Å². The highest BCUT2D eigenvalue weighted by molar-refractivity contribution is 5.89. The molecule has 1 atom stereocenters. The number of benzene rings is 1. The number of hydrogen-bond donors (Lipinski definition) is 0. The number of fused-ring (bicyclic) bond motifs is 1. The first-order valence-electron chi connectivity index (χ1n) is 10.2. The minimum Gasteiger partial charge on any atom is -0.464 e. The molecule has 8 nitrogen and oxygen atoms in total. The van der Waals surface area contributed by atoms with Crippen LogP contribution in [-0.4, -0.2) is 45.6 Å². The van der Waals surface area contributed by atoms with E-state index in [4.69, 9.17) is 13.7 Å². The SMILES string of the molecule is Cc1ccc2c(CC(=O)N3CCO[C@@H](c4nc(-c5ccncc5)no4)C3)coc2c1C. The molecule has 5 rings (SSSR count). The predicted octanol–water partition coefficient (Wildman–Crippen LogP) is 3.64. The molecule has 8 heteroatoms. The maximum atomic E-state index is 13.0. The van der Waals surface area contributed by atoms with E-state index in [-0.39, 0.29) is 12.3 Å². The maximum Gasteiger partial charge on any atom is 0.257 e. The molecular weight excluding hydrogens is 396 g/mol. The van der Waals surface area contributed by atoms with Crippen LogP contribution in [0.4, 0.5) is 0 Å². The second kappa shape index (κ2) is 7.96. The number of rotatable bonds is 4. The Balaban J connectivity index is 1.30. The molecule has 1 aliphatic rings. The quantitative estimate of drug-likeness (QED) is 0.499. The first-order chi connectivity index (χ1) is 15.1. The Morgan fingerprint density at radius 1 is 1.19 bits per heavy atom. The Hall–Kier alpha value is -3.52. The van der Waals surface area contributed by atoms with Crippen LogP contribution in [0.1, 0.15) is 28.7 Å². The molecule has 31 heavy (non-hydrogen) atoms. The topological polar surface area (TPSA) is 94.5 Å². The fourth-order valence-electron chi connectivity index (χ4n) is 3.81. The van der Waals surface area contributed by atoms with Gasteiger partial charge in [-0.15, -0.1) is 0 Å². The summed E-state index contributed by atoms with van der Waals surface area (Å²) < 4.78 is 17.0.